The summed E-state index contributed by atoms with van der Waals surface area (Å²) in [6.07, 6.45) is 3.64. The van der Waals surface area contributed by atoms with Gasteiger partial charge in [-0.2, -0.15) is 0 Å². The Morgan fingerprint density at radius 1 is 0.800 bits per heavy atom. The maximum absolute atomic E-state index is 11.7. The van der Waals surface area contributed by atoms with Crippen LogP contribution in [0.15, 0.2) is 67.4 Å². The lowest BCUT2D eigenvalue weighted by Crippen LogP contribution is -2.15. The van der Waals surface area contributed by atoms with Crippen molar-refractivity contribution in [3.05, 3.63) is 73.1 Å². The van der Waals surface area contributed by atoms with Crippen molar-refractivity contribution in [2.24, 2.45) is 0 Å². The van der Waals surface area contributed by atoms with Gasteiger partial charge in [0.2, 0.25) is 0 Å². The second-order valence-corrected chi connectivity index (χ2v) is 9.11. The van der Waals surface area contributed by atoms with Crippen molar-refractivity contribution >= 4 is 21.8 Å². The molecule has 0 spiro atoms. The molecule has 6 nitrogen and oxygen atoms in total. The van der Waals surface area contributed by atoms with Gasteiger partial charge in [0.25, 0.3) is 0 Å². The van der Waals surface area contributed by atoms with E-state index in [0.717, 1.165) is 33.1 Å². The van der Waals surface area contributed by atoms with Gasteiger partial charge in [-0.3, -0.25) is 0 Å². The first-order valence-electron chi connectivity index (χ1n) is 11.4. The largest absolute Gasteiger partial charge is 0.504 e. The van der Waals surface area contributed by atoms with E-state index in [4.69, 9.17) is 9.47 Å². The normalized spacial score (nSPS) is 11.8. The number of aromatic hydroxyl groups is 2. The average Bonchev–Trinajstić information content (AvgIpc) is 3.47. The van der Waals surface area contributed by atoms with E-state index < -0.39 is 5.41 Å². The zero-order valence-electron chi connectivity index (χ0n) is 20.2. The Kier molecular flexibility index (Phi) is 5.24. The fourth-order valence-electron chi connectivity index (χ4n) is 4.82. The number of phenolic OH excluding ortho intramolecular Hbond substituents is 2. The standard InChI is InChI=1S/C29H28N2O4/c1-6-29(2,3)28-21(17-12-8-10-14-20(17)31-28)23-25(33)26(34-4)22(24(32)27(23)35-5)18-15-30-19-13-9-7-11-16(18)19/h6-15,30-33H,1H2,2-5H3. The molecule has 0 saturated heterocycles. The number of rotatable bonds is 6. The van der Waals surface area contributed by atoms with Gasteiger partial charge < -0.3 is 29.7 Å². The van der Waals surface area contributed by atoms with E-state index in [1.165, 1.54) is 14.2 Å². The highest BCUT2D eigenvalue weighted by atomic mass is 16.5. The van der Waals surface area contributed by atoms with Gasteiger partial charge in [0.1, 0.15) is 0 Å². The number of nitrogens with one attached hydrogen (secondary N) is 2. The molecule has 2 aromatic heterocycles. The number of allylic oxidation sites excluding steroid dienone is 1. The Labute approximate surface area is 203 Å². The molecule has 4 N–H and O–H groups in total. The molecule has 0 bridgehead atoms. The third kappa shape index (κ3) is 3.25. The molecule has 0 atom stereocenters. The molecule has 5 aromatic rings. The van der Waals surface area contributed by atoms with Crippen LogP contribution in [0.1, 0.15) is 19.5 Å². The Bertz CT molecular complexity index is 1590. The fraction of sp³-hybridized carbons (Fsp3) is 0.172. The van der Waals surface area contributed by atoms with Gasteiger partial charge in [-0.05, 0) is 12.1 Å². The third-order valence-corrected chi connectivity index (χ3v) is 6.74. The number of ether oxygens (including phenoxy) is 2. The predicted molar refractivity (Wildman–Crippen MR) is 141 cm³/mol. The molecule has 5 rings (SSSR count). The number of fused-ring (bicyclic) bond motifs is 2. The molecule has 0 aliphatic carbocycles. The van der Waals surface area contributed by atoms with Crippen molar-refractivity contribution in [3.8, 4) is 45.3 Å². The SMILES string of the molecule is C=CC(C)(C)c1[nH]c2ccccc2c1-c1c(O)c(OC)c(-c2c[nH]c3ccccc23)c(O)c1OC. The van der Waals surface area contributed by atoms with E-state index in [-0.39, 0.29) is 23.0 Å². The maximum Gasteiger partial charge on any atom is 0.173 e. The van der Waals surface area contributed by atoms with E-state index in [1.54, 1.807) is 6.20 Å². The number of phenols is 2. The minimum absolute atomic E-state index is 0.116. The van der Waals surface area contributed by atoms with Crippen LogP contribution in [0.4, 0.5) is 0 Å². The van der Waals surface area contributed by atoms with Crippen LogP contribution in [0.3, 0.4) is 0 Å². The Morgan fingerprint density at radius 2 is 1.37 bits per heavy atom. The topological polar surface area (TPSA) is 90.5 Å². The van der Waals surface area contributed by atoms with Gasteiger partial charge in [-0.1, -0.05) is 56.3 Å². The lowest BCUT2D eigenvalue weighted by molar-refractivity contribution is 0.351. The molecule has 3 aromatic carbocycles. The molecule has 0 fully saturated rings. The molecule has 6 heteroatoms. The van der Waals surface area contributed by atoms with E-state index in [2.05, 4.69) is 16.5 Å². The molecule has 178 valence electrons. The van der Waals surface area contributed by atoms with E-state index in [1.807, 2.05) is 68.5 Å². The van der Waals surface area contributed by atoms with Crippen LogP contribution < -0.4 is 9.47 Å². The number of aromatic nitrogens is 2. The maximum atomic E-state index is 11.7. The van der Waals surface area contributed by atoms with Crippen LogP contribution in [0.2, 0.25) is 0 Å². The second kappa shape index (κ2) is 8.17. The Morgan fingerprint density at radius 3 is 2.03 bits per heavy atom. The number of aromatic amines is 2. The molecule has 0 aliphatic heterocycles. The first-order valence-corrected chi connectivity index (χ1v) is 11.4. The lowest BCUT2D eigenvalue weighted by Gasteiger charge is -2.24. The van der Waals surface area contributed by atoms with E-state index in [9.17, 15) is 10.2 Å². The number of hydrogen-bond donors (Lipinski definition) is 4. The quantitative estimate of drug-likeness (QED) is 0.162. The molecular weight excluding hydrogens is 440 g/mol. The second-order valence-electron chi connectivity index (χ2n) is 9.11. The summed E-state index contributed by atoms with van der Waals surface area (Å²) in [4.78, 5) is 6.71. The highest BCUT2D eigenvalue weighted by molar-refractivity contribution is 6.07. The molecule has 0 amide bonds. The van der Waals surface area contributed by atoms with Crippen molar-refractivity contribution in [2.75, 3.05) is 14.2 Å². The monoisotopic (exact) mass is 468 g/mol. The first kappa shape index (κ1) is 22.5. The van der Waals surface area contributed by atoms with Crippen LogP contribution in [0.5, 0.6) is 23.0 Å². The predicted octanol–water partition coefficient (Wildman–Crippen LogP) is 6.88. The molecular formula is C29H28N2O4. The van der Waals surface area contributed by atoms with Gasteiger partial charge in [-0.15, -0.1) is 6.58 Å². The fourth-order valence-corrected chi connectivity index (χ4v) is 4.82. The Hall–Kier alpha value is -4.32. The van der Waals surface area contributed by atoms with E-state index in [0.29, 0.717) is 16.7 Å². The van der Waals surface area contributed by atoms with Gasteiger partial charge in [0, 0.05) is 50.2 Å². The van der Waals surface area contributed by atoms with Crippen LogP contribution >= 0.6 is 0 Å². The molecule has 2 heterocycles. The minimum Gasteiger partial charge on any atom is -0.504 e. The summed E-state index contributed by atoms with van der Waals surface area (Å²) < 4.78 is 11.5. The summed E-state index contributed by atoms with van der Waals surface area (Å²) >= 11 is 0. The van der Waals surface area contributed by atoms with Crippen molar-refractivity contribution in [1.82, 2.24) is 9.97 Å². The van der Waals surface area contributed by atoms with Crippen LogP contribution in [0, 0.1) is 0 Å². The molecule has 0 saturated carbocycles. The number of H-pyrrole nitrogens is 2. The highest BCUT2D eigenvalue weighted by Gasteiger charge is 2.33. The number of hydrogen-bond acceptors (Lipinski definition) is 4. The van der Waals surface area contributed by atoms with Crippen LogP contribution in [0.25, 0.3) is 44.1 Å². The average molecular weight is 469 g/mol. The van der Waals surface area contributed by atoms with Crippen LogP contribution in [-0.4, -0.2) is 34.4 Å². The highest BCUT2D eigenvalue weighted by Crippen LogP contribution is 2.58. The lowest BCUT2D eigenvalue weighted by atomic mass is 9.83. The summed E-state index contributed by atoms with van der Waals surface area (Å²) in [5.74, 6) is 0.0907. The minimum atomic E-state index is -0.468. The third-order valence-electron chi connectivity index (χ3n) is 6.74. The summed E-state index contributed by atoms with van der Waals surface area (Å²) in [6.45, 7) is 8.09. The van der Waals surface area contributed by atoms with E-state index >= 15 is 0 Å². The van der Waals surface area contributed by atoms with Gasteiger partial charge in [0.15, 0.2) is 23.0 Å². The first-order chi connectivity index (χ1) is 16.8. The summed E-state index contributed by atoms with van der Waals surface area (Å²) in [7, 11) is 2.96. The van der Waals surface area contributed by atoms with Gasteiger partial charge in [0.05, 0.1) is 25.3 Å². The molecule has 0 aliphatic rings. The zero-order chi connectivity index (χ0) is 24.9. The molecule has 35 heavy (non-hydrogen) atoms. The van der Waals surface area contributed by atoms with Crippen LogP contribution in [-0.2, 0) is 5.41 Å². The zero-order valence-corrected chi connectivity index (χ0v) is 20.2. The van der Waals surface area contributed by atoms with Crippen molar-refractivity contribution in [2.45, 2.75) is 19.3 Å². The summed E-state index contributed by atoms with van der Waals surface area (Å²) in [5, 5.41) is 25.1. The number of para-hydroxylation sites is 2. The van der Waals surface area contributed by atoms with Crippen molar-refractivity contribution < 1.29 is 19.7 Å². The summed E-state index contributed by atoms with van der Waals surface area (Å²) in [5.41, 5.74) is 4.29. The van der Waals surface area contributed by atoms with Crippen molar-refractivity contribution in [3.63, 3.8) is 0 Å². The molecule has 0 radical (unpaired) electrons. The van der Waals surface area contributed by atoms with Gasteiger partial charge in [-0.25, -0.2) is 0 Å². The van der Waals surface area contributed by atoms with Crippen molar-refractivity contribution in [1.29, 1.82) is 0 Å². The van der Waals surface area contributed by atoms with Gasteiger partial charge >= 0.3 is 0 Å². The smallest absolute Gasteiger partial charge is 0.173 e. The number of benzene rings is 3. The Balaban J connectivity index is 1.92. The molecule has 0 unspecified atom stereocenters. The number of methoxy groups -OCH3 is 2. The summed E-state index contributed by atoms with van der Waals surface area (Å²) in [6, 6.07) is 15.6.